The van der Waals surface area contributed by atoms with Gasteiger partial charge in [-0.25, -0.2) is 0 Å². The monoisotopic (exact) mass is 414 g/mol. The molecule has 0 bridgehead atoms. The van der Waals surface area contributed by atoms with Crippen LogP contribution in [-0.2, 0) is 29.0 Å². The molecule has 4 heteroatoms. The Labute approximate surface area is 184 Å². The number of hydrogen-bond acceptors (Lipinski definition) is 2. The Morgan fingerprint density at radius 2 is 1.55 bits per heavy atom. The molecule has 160 valence electrons. The normalized spacial score (nSPS) is 11.6. The van der Waals surface area contributed by atoms with E-state index >= 15 is 0 Å². The predicted octanol–water partition coefficient (Wildman–Crippen LogP) is 4.23. The molecule has 4 nitrogen and oxygen atoms in total. The number of rotatable bonds is 8. The van der Waals surface area contributed by atoms with Crippen LogP contribution in [0.1, 0.15) is 27.8 Å². The molecule has 0 aliphatic rings. The quantitative estimate of drug-likeness (QED) is 0.600. The Hall–Kier alpha value is -3.40. The maximum atomic E-state index is 13.6. The van der Waals surface area contributed by atoms with E-state index < -0.39 is 6.04 Å². The molecule has 2 amide bonds. The fraction of sp³-hybridized carbons (Fsp3) is 0.259. The van der Waals surface area contributed by atoms with E-state index in [4.69, 9.17) is 0 Å². The molecule has 0 aliphatic heterocycles. The van der Waals surface area contributed by atoms with Crippen molar-refractivity contribution in [3.05, 3.63) is 107 Å². The summed E-state index contributed by atoms with van der Waals surface area (Å²) in [4.78, 5) is 28.2. The van der Waals surface area contributed by atoms with Crippen molar-refractivity contribution in [2.75, 3.05) is 7.05 Å². The van der Waals surface area contributed by atoms with Crippen LogP contribution in [-0.4, -0.2) is 29.8 Å². The lowest BCUT2D eigenvalue weighted by Gasteiger charge is -2.31. The summed E-state index contributed by atoms with van der Waals surface area (Å²) in [6.07, 6.45) is 0.729. The third-order valence-electron chi connectivity index (χ3n) is 5.56. The third-order valence-corrected chi connectivity index (χ3v) is 5.56. The van der Waals surface area contributed by atoms with E-state index in [0.29, 0.717) is 13.0 Å². The molecule has 3 aromatic rings. The molecule has 31 heavy (non-hydrogen) atoms. The molecular formula is C27H30N2O2. The molecule has 0 spiro atoms. The number of benzene rings is 3. The van der Waals surface area contributed by atoms with Gasteiger partial charge in [0.25, 0.3) is 0 Å². The first kappa shape index (κ1) is 22.3. The maximum absolute atomic E-state index is 13.6. The molecule has 0 aliphatic carbocycles. The summed E-state index contributed by atoms with van der Waals surface area (Å²) in [5.74, 6) is -0.213. The molecule has 0 fully saturated rings. The average Bonchev–Trinajstić information content (AvgIpc) is 2.78. The summed E-state index contributed by atoms with van der Waals surface area (Å²) >= 11 is 0. The standard InChI is InChI=1S/C27H30N2O2/c1-20-10-9-14-23(16-20)19-29(26(30)18-24-15-8-7-11-21(24)2)25(27(31)28-3)17-22-12-5-4-6-13-22/h4-16,25H,17-19H2,1-3H3,(H,28,31)/t25-/m1/s1. The van der Waals surface area contributed by atoms with Gasteiger partial charge in [-0.15, -0.1) is 0 Å². The van der Waals surface area contributed by atoms with Gasteiger partial charge in [-0.3, -0.25) is 9.59 Å². The first-order valence-electron chi connectivity index (χ1n) is 10.6. The second kappa shape index (κ2) is 10.6. The molecular weight excluding hydrogens is 384 g/mol. The van der Waals surface area contributed by atoms with Gasteiger partial charge in [-0.1, -0.05) is 84.4 Å². The van der Waals surface area contributed by atoms with Crippen LogP contribution < -0.4 is 5.32 Å². The minimum Gasteiger partial charge on any atom is -0.357 e. The molecule has 3 rings (SSSR count). The van der Waals surface area contributed by atoms with Crippen molar-refractivity contribution >= 4 is 11.8 Å². The van der Waals surface area contributed by atoms with E-state index in [1.165, 1.54) is 0 Å². The van der Waals surface area contributed by atoms with Crippen LogP contribution in [0.15, 0.2) is 78.9 Å². The summed E-state index contributed by atoms with van der Waals surface area (Å²) in [5.41, 5.74) is 5.22. The molecule has 0 unspecified atom stereocenters. The second-order valence-electron chi connectivity index (χ2n) is 7.93. The predicted molar refractivity (Wildman–Crippen MR) is 125 cm³/mol. The summed E-state index contributed by atoms with van der Waals surface area (Å²) in [6, 6.07) is 25.2. The largest absolute Gasteiger partial charge is 0.357 e. The van der Waals surface area contributed by atoms with Crippen LogP contribution in [0.25, 0.3) is 0 Å². The van der Waals surface area contributed by atoms with Crippen molar-refractivity contribution in [2.24, 2.45) is 0 Å². The van der Waals surface area contributed by atoms with Crippen LogP contribution in [0.3, 0.4) is 0 Å². The minimum absolute atomic E-state index is 0.0552. The number of aryl methyl sites for hydroxylation is 2. The molecule has 0 radical (unpaired) electrons. The zero-order valence-electron chi connectivity index (χ0n) is 18.5. The Morgan fingerprint density at radius 1 is 0.871 bits per heavy atom. The van der Waals surface area contributed by atoms with Crippen LogP contribution in [0.5, 0.6) is 0 Å². The molecule has 0 saturated carbocycles. The molecule has 0 heterocycles. The van der Waals surface area contributed by atoms with E-state index in [0.717, 1.165) is 27.8 Å². The second-order valence-corrected chi connectivity index (χ2v) is 7.93. The van der Waals surface area contributed by atoms with Gasteiger partial charge in [0, 0.05) is 20.0 Å². The van der Waals surface area contributed by atoms with E-state index in [9.17, 15) is 9.59 Å². The van der Waals surface area contributed by atoms with Gasteiger partial charge in [0.15, 0.2) is 0 Å². The Balaban J connectivity index is 1.95. The van der Waals surface area contributed by atoms with E-state index in [1.54, 1.807) is 11.9 Å². The molecule has 1 N–H and O–H groups in total. The number of carbonyl (C=O) groups excluding carboxylic acids is 2. The van der Waals surface area contributed by atoms with Gasteiger partial charge in [0.2, 0.25) is 11.8 Å². The van der Waals surface area contributed by atoms with Crippen LogP contribution in [0, 0.1) is 13.8 Å². The van der Waals surface area contributed by atoms with Crippen molar-refractivity contribution < 1.29 is 9.59 Å². The zero-order valence-corrected chi connectivity index (χ0v) is 18.5. The van der Waals surface area contributed by atoms with E-state index in [-0.39, 0.29) is 18.2 Å². The lowest BCUT2D eigenvalue weighted by molar-refractivity contribution is -0.140. The van der Waals surface area contributed by atoms with Gasteiger partial charge in [0.05, 0.1) is 6.42 Å². The first-order valence-corrected chi connectivity index (χ1v) is 10.6. The van der Waals surface area contributed by atoms with E-state index in [2.05, 4.69) is 11.4 Å². The summed E-state index contributed by atoms with van der Waals surface area (Å²) in [6.45, 7) is 4.42. The Morgan fingerprint density at radius 3 is 2.23 bits per heavy atom. The van der Waals surface area contributed by atoms with Crippen LogP contribution in [0.4, 0.5) is 0 Å². The fourth-order valence-corrected chi connectivity index (χ4v) is 3.80. The summed E-state index contributed by atoms with van der Waals surface area (Å²) < 4.78 is 0. The van der Waals surface area contributed by atoms with Crippen molar-refractivity contribution in [1.82, 2.24) is 10.2 Å². The number of nitrogens with one attached hydrogen (secondary N) is 1. The Bertz CT molecular complexity index is 1030. The topological polar surface area (TPSA) is 49.4 Å². The number of hydrogen-bond donors (Lipinski definition) is 1. The number of nitrogens with zero attached hydrogens (tertiary/aromatic N) is 1. The van der Waals surface area contributed by atoms with E-state index in [1.807, 2.05) is 86.6 Å². The third kappa shape index (κ3) is 6.05. The molecule has 3 aromatic carbocycles. The Kier molecular flexibility index (Phi) is 7.60. The lowest BCUT2D eigenvalue weighted by atomic mass is 10.00. The highest BCUT2D eigenvalue weighted by atomic mass is 16.2. The first-order chi connectivity index (χ1) is 15.0. The molecule has 0 saturated heterocycles. The molecule has 0 aromatic heterocycles. The highest BCUT2D eigenvalue weighted by molar-refractivity contribution is 5.88. The van der Waals surface area contributed by atoms with Gasteiger partial charge < -0.3 is 10.2 Å². The maximum Gasteiger partial charge on any atom is 0.242 e. The van der Waals surface area contributed by atoms with Crippen molar-refractivity contribution in [2.45, 2.75) is 39.3 Å². The highest BCUT2D eigenvalue weighted by Gasteiger charge is 2.30. The van der Waals surface area contributed by atoms with Gasteiger partial charge in [-0.2, -0.15) is 0 Å². The molecule has 1 atom stereocenters. The number of amides is 2. The van der Waals surface area contributed by atoms with Crippen molar-refractivity contribution in [3.63, 3.8) is 0 Å². The SMILES string of the molecule is CNC(=O)[C@@H](Cc1ccccc1)N(Cc1cccc(C)c1)C(=O)Cc1ccccc1C. The van der Waals surface area contributed by atoms with Crippen LogP contribution >= 0.6 is 0 Å². The van der Waals surface area contributed by atoms with Gasteiger partial charge >= 0.3 is 0 Å². The summed E-state index contributed by atoms with van der Waals surface area (Å²) in [5, 5.41) is 2.76. The number of likely N-dealkylation sites (N-methyl/N-ethyl adjacent to an activating group) is 1. The fourth-order valence-electron chi connectivity index (χ4n) is 3.80. The highest BCUT2D eigenvalue weighted by Crippen LogP contribution is 2.18. The van der Waals surface area contributed by atoms with Crippen LogP contribution in [0.2, 0.25) is 0 Å². The average molecular weight is 415 g/mol. The smallest absolute Gasteiger partial charge is 0.242 e. The lowest BCUT2D eigenvalue weighted by Crippen LogP contribution is -2.50. The van der Waals surface area contributed by atoms with Gasteiger partial charge in [0.1, 0.15) is 6.04 Å². The van der Waals surface area contributed by atoms with Gasteiger partial charge in [-0.05, 0) is 36.1 Å². The minimum atomic E-state index is -0.593. The zero-order chi connectivity index (χ0) is 22.2. The van der Waals surface area contributed by atoms with Crippen molar-refractivity contribution in [1.29, 1.82) is 0 Å². The number of carbonyl (C=O) groups is 2. The summed E-state index contributed by atoms with van der Waals surface area (Å²) in [7, 11) is 1.62. The van der Waals surface area contributed by atoms with Crippen molar-refractivity contribution in [3.8, 4) is 0 Å².